The maximum Gasteiger partial charge on any atom is 0.305 e. The summed E-state index contributed by atoms with van der Waals surface area (Å²) in [5.74, 6) is -0.0200. The van der Waals surface area contributed by atoms with Gasteiger partial charge in [0.1, 0.15) is 0 Å². The minimum absolute atomic E-state index is 0.111. The highest BCUT2D eigenvalue weighted by atomic mass is 16.4. The lowest BCUT2D eigenvalue weighted by molar-refractivity contribution is -0.138. The summed E-state index contributed by atoms with van der Waals surface area (Å²) in [5, 5.41) is 12.2. The van der Waals surface area contributed by atoms with Crippen LogP contribution < -0.4 is 5.32 Å². The SMILES string of the molecule is CCNC1(CC(=O)O)CCC(C)C1. The van der Waals surface area contributed by atoms with Crippen molar-refractivity contribution in [2.45, 2.75) is 45.1 Å². The lowest BCUT2D eigenvalue weighted by Gasteiger charge is -2.28. The van der Waals surface area contributed by atoms with Crippen molar-refractivity contribution in [2.75, 3.05) is 6.54 Å². The van der Waals surface area contributed by atoms with Gasteiger partial charge in [0.2, 0.25) is 0 Å². The topological polar surface area (TPSA) is 49.3 Å². The van der Waals surface area contributed by atoms with Gasteiger partial charge < -0.3 is 10.4 Å². The minimum Gasteiger partial charge on any atom is -0.481 e. The summed E-state index contributed by atoms with van der Waals surface area (Å²) in [6, 6.07) is 0. The van der Waals surface area contributed by atoms with Crippen molar-refractivity contribution in [1.29, 1.82) is 0 Å². The van der Waals surface area contributed by atoms with E-state index in [1.807, 2.05) is 6.92 Å². The molecule has 0 aromatic heterocycles. The van der Waals surface area contributed by atoms with Crippen LogP contribution in [-0.2, 0) is 4.79 Å². The highest BCUT2D eigenvalue weighted by Crippen LogP contribution is 2.36. The molecule has 1 saturated carbocycles. The van der Waals surface area contributed by atoms with E-state index >= 15 is 0 Å². The lowest BCUT2D eigenvalue weighted by Crippen LogP contribution is -2.44. The van der Waals surface area contributed by atoms with Crippen LogP contribution in [0.25, 0.3) is 0 Å². The summed E-state index contributed by atoms with van der Waals surface area (Å²) < 4.78 is 0. The van der Waals surface area contributed by atoms with Gasteiger partial charge >= 0.3 is 5.97 Å². The Hall–Kier alpha value is -0.570. The molecule has 0 aliphatic heterocycles. The first-order valence-corrected chi connectivity index (χ1v) is 5.05. The molecule has 0 bridgehead atoms. The number of carbonyl (C=O) groups is 1. The second-order valence-corrected chi connectivity index (χ2v) is 4.23. The summed E-state index contributed by atoms with van der Waals surface area (Å²) in [5.41, 5.74) is -0.111. The highest BCUT2D eigenvalue weighted by Gasteiger charge is 2.38. The molecule has 2 atom stereocenters. The number of carboxylic acid groups (broad SMARTS) is 1. The number of aliphatic carboxylic acids is 1. The molecule has 0 aromatic carbocycles. The van der Waals surface area contributed by atoms with Crippen LogP contribution in [0.15, 0.2) is 0 Å². The van der Waals surface area contributed by atoms with Crippen molar-refractivity contribution in [3.05, 3.63) is 0 Å². The second-order valence-electron chi connectivity index (χ2n) is 4.23. The fourth-order valence-electron chi connectivity index (χ4n) is 2.44. The van der Waals surface area contributed by atoms with Gasteiger partial charge in [0, 0.05) is 5.54 Å². The Bertz CT molecular complexity index is 189. The molecule has 1 fully saturated rings. The van der Waals surface area contributed by atoms with Crippen LogP contribution in [0.3, 0.4) is 0 Å². The molecule has 2 N–H and O–H groups in total. The smallest absolute Gasteiger partial charge is 0.305 e. The number of nitrogens with one attached hydrogen (secondary N) is 1. The lowest BCUT2D eigenvalue weighted by atomic mass is 9.92. The predicted molar refractivity (Wildman–Crippen MR) is 51.7 cm³/mol. The quantitative estimate of drug-likeness (QED) is 0.700. The zero-order valence-corrected chi connectivity index (χ0v) is 8.47. The van der Waals surface area contributed by atoms with Gasteiger partial charge in [-0.15, -0.1) is 0 Å². The Kier molecular flexibility index (Phi) is 3.31. The van der Waals surface area contributed by atoms with Crippen LogP contribution >= 0.6 is 0 Å². The molecule has 76 valence electrons. The van der Waals surface area contributed by atoms with Crippen LogP contribution in [0.2, 0.25) is 0 Å². The molecule has 1 rings (SSSR count). The standard InChI is InChI=1S/C10H19NO2/c1-3-11-10(7-9(12)13)5-4-8(2)6-10/h8,11H,3-7H2,1-2H3,(H,12,13). The Morgan fingerprint density at radius 1 is 1.69 bits per heavy atom. The molecule has 0 amide bonds. The molecule has 13 heavy (non-hydrogen) atoms. The van der Waals surface area contributed by atoms with Crippen LogP contribution in [0.5, 0.6) is 0 Å². The second kappa shape index (κ2) is 4.09. The number of hydrogen-bond donors (Lipinski definition) is 2. The van der Waals surface area contributed by atoms with E-state index in [0.29, 0.717) is 5.92 Å². The molecule has 0 radical (unpaired) electrons. The largest absolute Gasteiger partial charge is 0.481 e. The van der Waals surface area contributed by atoms with Crippen molar-refractivity contribution in [1.82, 2.24) is 5.32 Å². The summed E-state index contributed by atoms with van der Waals surface area (Å²) in [4.78, 5) is 10.7. The summed E-state index contributed by atoms with van der Waals surface area (Å²) in [6.45, 7) is 5.09. The molecule has 2 unspecified atom stereocenters. The maximum absolute atomic E-state index is 10.7. The molecule has 0 saturated heterocycles. The van der Waals surface area contributed by atoms with Crippen LogP contribution in [-0.4, -0.2) is 23.2 Å². The number of carboxylic acids is 1. The third kappa shape index (κ3) is 2.69. The molecule has 3 heteroatoms. The summed E-state index contributed by atoms with van der Waals surface area (Å²) in [6.07, 6.45) is 3.44. The van der Waals surface area contributed by atoms with E-state index in [-0.39, 0.29) is 12.0 Å². The summed E-state index contributed by atoms with van der Waals surface area (Å²) >= 11 is 0. The van der Waals surface area contributed by atoms with Gasteiger partial charge in [0.25, 0.3) is 0 Å². The van der Waals surface area contributed by atoms with Gasteiger partial charge in [-0.1, -0.05) is 13.8 Å². The zero-order valence-electron chi connectivity index (χ0n) is 8.47. The molecular weight excluding hydrogens is 166 g/mol. The molecular formula is C10H19NO2. The van der Waals surface area contributed by atoms with Gasteiger partial charge in [-0.2, -0.15) is 0 Å². The fourth-order valence-corrected chi connectivity index (χ4v) is 2.44. The van der Waals surface area contributed by atoms with Crippen molar-refractivity contribution >= 4 is 5.97 Å². The third-order valence-electron chi connectivity index (χ3n) is 2.90. The monoisotopic (exact) mass is 185 g/mol. The van der Waals surface area contributed by atoms with Gasteiger partial charge in [-0.3, -0.25) is 4.79 Å². The van der Waals surface area contributed by atoms with E-state index in [2.05, 4.69) is 12.2 Å². The zero-order chi connectivity index (χ0) is 9.90. The number of rotatable bonds is 4. The van der Waals surface area contributed by atoms with Crippen molar-refractivity contribution < 1.29 is 9.90 Å². The molecule has 0 aromatic rings. The normalized spacial score (nSPS) is 33.5. The first-order chi connectivity index (χ1) is 6.08. The van der Waals surface area contributed by atoms with Crippen molar-refractivity contribution in [3.63, 3.8) is 0 Å². The minimum atomic E-state index is -0.685. The first kappa shape index (κ1) is 10.5. The Balaban J connectivity index is 2.59. The van der Waals surface area contributed by atoms with Crippen molar-refractivity contribution in [2.24, 2.45) is 5.92 Å². The number of hydrogen-bond acceptors (Lipinski definition) is 2. The molecule has 1 aliphatic carbocycles. The Labute approximate surface area is 79.5 Å². The van der Waals surface area contributed by atoms with Crippen LogP contribution in [0.1, 0.15) is 39.5 Å². The van der Waals surface area contributed by atoms with Crippen LogP contribution in [0.4, 0.5) is 0 Å². The third-order valence-corrected chi connectivity index (χ3v) is 2.90. The summed E-state index contributed by atoms with van der Waals surface area (Å²) in [7, 11) is 0. The first-order valence-electron chi connectivity index (χ1n) is 5.05. The predicted octanol–water partition coefficient (Wildman–Crippen LogP) is 1.63. The van der Waals surface area contributed by atoms with E-state index in [4.69, 9.17) is 5.11 Å². The fraction of sp³-hybridized carbons (Fsp3) is 0.900. The van der Waals surface area contributed by atoms with E-state index in [1.165, 1.54) is 0 Å². The molecule has 1 aliphatic rings. The Morgan fingerprint density at radius 3 is 2.77 bits per heavy atom. The van der Waals surface area contributed by atoms with Gasteiger partial charge in [-0.05, 0) is 31.7 Å². The maximum atomic E-state index is 10.7. The molecule has 0 heterocycles. The van der Waals surface area contributed by atoms with Crippen LogP contribution in [0, 0.1) is 5.92 Å². The van der Waals surface area contributed by atoms with Crippen molar-refractivity contribution in [3.8, 4) is 0 Å². The highest BCUT2D eigenvalue weighted by molar-refractivity contribution is 5.68. The van der Waals surface area contributed by atoms with E-state index in [0.717, 1.165) is 25.8 Å². The van der Waals surface area contributed by atoms with E-state index < -0.39 is 5.97 Å². The van der Waals surface area contributed by atoms with E-state index in [9.17, 15) is 4.79 Å². The Morgan fingerprint density at radius 2 is 2.38 bits per heavy atom. The average Bonchev–Trinajstić information content (AvgIpc) is 2.31. The van der Waals surface area contributed by atoms with E-state index in [1.54, 1.807) is 0 Å². The van der Waals surface area contributed by atoms with Gasteiger partial charge in [0.05, 0.1) is 6.42 Å². The average molecular weight is 185 g/mol. The van der Waals surface area contributed by atoms with Gasteiger partial charge in [0.15, 0.2) is 0 Å². The molecule has 0 spiro atoms. The van der Waals surface area contributed by atoms with Gasteiger partial charge in [-0.25, -0.2) is 0 Å². The molecule has 3 nitrogen and oxygen atoms in total.